The quantitative estimate of drug-likeness (QED) is 0.265. The molecule has 1 aromatic carbocycles. The lowest BCUT2D eigenvalue weighted by Gasteiger charge is -2.29. The molecule has 0 N–H and O–H groups in total. The summed E-state index contributed by atoms with van der Waals surface area (Å²) in [6.07, 6.45) is -0.633. The van der Waals surface area contributed by atoms with Crippen LogP contribution in [-0.2, 0) is 25.6 Å². The van der Waals surface area contributed by atoms with Gasteiger partial charge in [0.2, 0.25) is 4.38 Å². The second kappa shape index (κ2) is 14.3. The molecule has 176 valence electrons. The first-order valence-electron chi connectivity index (χ1n) is 10.5. The van der Waals surface area contributed by atoms with Crippen LogP contribution in [0.1, 0.15) is 44.1 Å². The lowest BCUT2D eigenvalue weighted by Crippen LogP contribution is -2.35. The lowest BCUT2D eigenvalue weighted by molar-refractivity contribution is -0.226. The minimum absolute atomic E-state index is 0.213. The van der Waals surface area contributed by atoms with Crippen LogP contribution in [0, 0.1) is 5.92 Å². The van der Waals surface area contributed by atoms with Crippen LogP contribution in [0.15, 0.2) is 30.3 Å². The van der Waals surface area contributed by atoms with Crippen molar-refractivity contribution in [3.8, 4) is 0 Å². The monoisotopic (exact) mass is 480 g/mol. The van der Waals surface area contributed by atoms with Crippen LogP contribution in [0.25, 0.3) is 0 Å². The van der Waals surface area contributed by atoms with E-state index in [0.717, 1.165) is 18.4 Å². The maximum Gasteiger partial charge on any atom is 0.394 e. The minimum atomic E-state index is -4.39. The number of rotatable bonds is 12. The number of halogens is 3. The van der Waals surface area contributed by atoms with Crippen molar-refractivity contribution in [3.05, 3.63) is 35.9 Å². The molecule has 2 unspecified atom stereocenters. The van der Waals surface area contributed by atoms with Gasteiger partial charge in [-0.3, -0.25) is 0 Å². The summed E-state index contributed by atoms with van der Waals surface area (Å²) in [6, 6.07) is 9.73. The van der Waals surface area contributed by atoms with E-state index in [9.17, 15) is 13.2 Å². The number of thioether (sulfide) groups is 1. The Bertz CT molecular complexity index is 625. The number of benzene rings is 1. The van der Waals surface area contributed by atoms with Crippen molar-refractivity contribution in [2.24, 2.45) is 5.92 Å². The summed E-state index contributed by atoms with van der Waals surface area (Å²) < 4.78 is 63.3. The van der Waals surface area contributed by atoms with E-state index in [-0.39, 0.29) is 10.8 Å². The smallest absolute Gasteiger partial charge is 0.394 e. The predicted octanol–water partition coefficient (Wildman–Crippen LogP) is 6.13. The molecule has 1 saturated heterocycles. The van der Waals surface area contributed by atoms with Gasteiger partial charge in [0, 0.05) is 13.2 Å². The Hall–Kier alpha value is -0.870. The Kier molecular flexibility index (Phi) is 12.2. The number of hydrogen-bond donors (Lipinski definition) is 0. The van der Waals surface area contributed by atoms with E-state index in [1.165, 1.54) is 11.8 Å². The molecule has 4 nitrogen and oxygen atoms in total. The molecule has 1 aromatic rings. The van der Waals surface area contributed by atoms with E-state index in [0.29, 0.717) is 39.1 Å². The van der Waals surface area contributed by atoms with Crippen molar-refractivity contribution in [1.82, 2.24) is 0 Å². The van der Waals surface area contributed by atoms with Gasteiger partial charge in [-0.2, -0.15) is 13.2 Å². The van der Waals surface area contributed by atoms with Gasteiger partial charge in [-0.15, -0.1) is 0 Å². The maximum absolute atomic E-state index is 13.6. The van der Waals surface area contributed by atoms with Crippen LogP contribution in [0.3, 0.4) is 0 Å². The van der Waals surface area contributed by atoms with E-state index in [1.54, 1.807) is 6.26 Å². The lowest BCUT2D eigenvalue weighted by atomic mass is 9.98. The molecule has 1 fully saturated rings. The topological polar surface area (TPSA) is 36.9 Å². The number of hydrogen-bond acceptors (Lipinski definition) is 6. The largest absolute Gasteiger partial charge is 0.475 e. The molecule has 0 spiro atoms. The molecule has 3 atom stereocenters. The van der Waals surface area contributed by atoms with Crippen LogP contribution >= 0.6 is 24.0 Å². The Balaban J connectivity index is 1.83. The summed E-state index contributed by atoms with van der Waals surface area (Å²) in [5.74, 6) is -1.64. The number of ether oxygens (including phenoxy) is 4. The molecule has 2 rings (SSSR count). The third-order valence-electron chi connectivity index (χ3n) is 4.99. The first kappa shape index (κ1) is 26.4. The van der Waals surface area contributed by atoms with Crippen molar-refractivity contribution >= 4 is 28.4 Å². The first-order valence-corrected chi connectivity index (χ1v) is 12.2. The molecular formula is C22H31F3O4S2. The molecule has 0 radical (unpaired) electrons. The van der Waals surface area contributed by atoms with Crippen molar-refractivity contribution in [1.29, 1.82) is 0 Å². The van der Waals surface area contributed by atoms with E-state index in [1.807, 2.05) is 30.3 Å². The average Bonchev–Trinajstić information content (AvgIpc) is 2.76. The average molecular weight is 481 g/mol. The molecule has 0 aromatic heterocycles. The molecule has 1 aliphatic heterocycles. The fourth-order valence-corrected chi connectivity index (χ4v) is 3.63. The minimum Gasteiger partial charge on any atom is -0.475 e. The van der Waals surface area contributed by atoms with Crippen LogP contribution < -0.4 is 0 Å². The summed E-state index contributed by atoms with van der Waals surface area (Å²) in [5, 5.41) is 0. The molecule has 0 aliphatic carbocycles. The van der Waals surface area contributed by atoms with E-state index >= 15 is 0 Å². The molecule has 0 saturated carbocycles. The van der Waals surface area contributed by atoms with Gasteiger partial charge in [-0.05, 0) is 62.6 Å². The van der Waals surface area contributed by atoms with E-state index in [2.05, 4.69) is 0 Å². The second-order valence-corrected chi connectivity index (χ2v) is 8.89. The standard InChI is InChI=1S/C22H31F3O4S2/c1-31-21(30)29-19(10-7-12-26-15-17-8-3-2-4-9-17)14-18(22(23,24)25)16-28-20-11-5-6-13-27-20/h2-4,8-9,18-20H,5-7,10-16H2,1H3/t18-,19?,20?/m0/s1. The van der Waals surface area contributed by atoms with Gasteiger partial charge in [0.25, 0.3) is 0 Å². The molecule has 0 amide bonds. The van der Waals surface area contributed by atoms with Crippen molar-refractivity contribution in [2.75, 3.05) is 26.1 Å². The van der Waals surface area contributed by atoms with Gasteiger partial charge in [0.1, 0.15) is 6.10 Å². The molecule has 9 heteroatoms. The Morgan fingerprint density at radius 1 is 1.26 bits per heavy atom. The first-order chi connectivity index (χ1) is 14.9. The van der Waals surface area contributed by atoms with Gasteiger partial charge in [-0.1, -0.05) is 42.1 Å². The van der Waals surface area contributed by atoms with Gasteiger partial charge in [0.05, 0.1) is 19.1 Å². The summed E-state index contributed by atoms with van der Waals surface area (Å²) in [4.78, 5) is 0. The van der Waals surface area contributed by atoms with Gasteiger partial charge in [-0.25, -0.2) is 0 Å². The number of thiocarbonyl (C=S) groups is 1. The maximum atomic E-state index is 13.6. The van der Waals surface area contributed by atoms with Crippen molar-refractivity contribution < 1.29 is 32.1 Å². The molecule has 0 bridgehead atoms. The summed E-state index contributed by atoms with van der Waals surface area (Å²) in [6.45, 7) is 0.989. The fraction of sp³-hybridized carbons (Fsp3) is 0.682. The normalized spacial score (nSPS) is 19.0. The Morgan fingerprint density at radius 3 is 2.68 bits per heavy atom. The summed E-state index contributed by atoms with van der Waals surface area (Å²) in [5.41, 5.74) is 1.05. The van der Waals surface area contributed by atoms with E-state index < -0.39 is 31.1 Å². The zero-order valence-electron chi connectivity index (χ0n) is 17.8. The predicted molar refractivity (Wildman–Crippen MR) is 120 cm³/mol. The highest BCUT2D eigenvalue weighted by Crippen LogP contribution is 2.33. The number of alkyl halides is 3. The van der Waals surface area contributed by atoms with Crippen molar-refractivity contribution in [2.45, 2.75) is 63.7 Å². The van der Waals surface area contributed by atoms with Gasteiger partial charge >= 0.3 is 6.18 Å². The summed E-state index contributed by atoms with van der Waals surface area (Å²) in [7, 11) is 0. The van der Waals surface area contributed by atoms with E-state index in [4.69, 9.17) is 31.2 Å². The second-order valence-electron chi connectivity index (χ2n) is 7.48. The van der Waals surface area contributed by atoms with Gasteiger partial charge < -0.3 is 18.9 Å². The SMILES string of the molecule is CSC(=S)OC(CCCOCc1ccccc1)C[C@@H](COC1CCCCO1)C(F)(F)F. The summed E-state index contributed by atoms with van der Waals surface area (Å²) >= 11 is 6.30. The van der Waals surface area contributed by atoms with Crippen molar-refractivity contribution in [3.63, 3.8) is 0 Å². The fourth-order valence-electron chi connectivity index (χ4n) is 3.27. The zero-order chi connectivity index (χ0) is 22.5. The highest BCUT2D eigenvalue weighted by molar-refractivity contribution is 8.22. The Labute approximate surface area is 192 Å². The molecule has 1 aliphatic rings. The zero-order valence-corrected chi connectivity index (χ0v) is 19.4. The van der Waals surface area contributed by atoms with Crippen LogP contribution in [-0.4, -0.2) is 49.0 Å². The van der Waals surface area contributed by atoms with Crippen LogP contribution in [0.4, 0.5) is 13.2 Å². The van der Waals surface area contributed by atoms with Crippen LogP contribution in [0.5, 0.6) is 0 Å². The van der Waals surface area contributed by atoms with Gasteiger partial charge in [0.15, 0.2) is 6.29 Å². The highest BCUT2D eigenvalue weighted by atomic mass is 32.2. The molecule has 1 heterocycles. The third-order valence-corrected chi connectivity index (χ3v) is 6.01. The third kappa shape index (κ3) is 11.0. The molecular weight excluding hydrogens is 449 g/mol. The Morgan fingerprint density at radius 2 is 2.03 bits per heavy atom. The molecule has 31 heavy (non-hydrogen) atoms. The highest BCUT2D eigenvalue weighted by Gasteiger charge is 2.42. The van der Waals surface area contributed by atoms with Crippen LogP contribution in [0.2, 0.25) is 0 Å².